The molecule has 2 heterocycles. The van der Waals surface area contributed by atoms with Gasteiger partial charge in [-0.25, -0.2) is 0 Å². The predicted molar refractivity (Wildman–Crippen MR) is 69.6 cm³/mol. The van der Waals surface area contributed by atoms with Gasteiger partial charge in [0.05, 0.1) is 17.4 Å². The fraction of sp³-hybridized carbons (Fsp3) is 0.500. The van der Waals surface area contributed by atoms with Crippen LogP contribution in [0.25, 0.3) is 0 Å². The van der Waals surface area contributed by atoms with Crippen LogP contribution >= 0.6 is 0 Å². The molecule has 98 valence electrons. The van der Waals surface area contributed by atoms with Crippen molar-refractivity contribution in [1.29, 1.82) is 0 Å². The van der Waals surface area contributed by atoms with Crippen molar-refractivity contribution in [3.8, 4) is 0 Å². The van der Waals surface area contributed by atoms with Crippen molar-refractivity contribution in [3.63, 3.8) is 0 Å². The Bertz CT molecular complexity index is 512. The molecule has 18 heavy (non-hydrogen) atoms. The van der Waals surface area contributed by atoms with Crippen LogP contribution in [0.1, 0.15) is 30.0 Å². The van der Waals surface area contributed by atoms with Gasteiger partial charge in [0.15, 0.2) is 0 Å². The Labute approximate surface area is 107 Å². The molecule has 0 aromatic carbocycles. The Kier molecular flexibility index (Phi) is 3.78. The first-order valence-electron chi connectivity index (χ1n) is 6.13. The summed E-state index contributed by atoms with van der Waals surface area (Å²) in [5.41, 5.74) is 5.97. The summed E-state index contributed by atoms with van der Waals surface area (Å²) in [5, 5.41) is 8.82. The van der Waals surface area contributed by atoms with Crippen LogP contribution in [0, 0.1) is 6.92 Å². The summed E-state index contributed by atoms with van der Waals surface area (Å²) in [6.07, 6.45) is 2.70. The van der Waals surface area contributed by atoms with Crippen LogP contribution in [0.2, 0.25) is 0 Å². The number of aromatic nitrogens is 4. The molecule has 3 N–H and O–H groups in total. The molecule has 0 aliphatic heterocycles. The zero-order valence-electron chi connectivity index (χ0n) is 11.1. The molecule has 0 spiro atoms. The van der Waals surface area contributed by atoms with Gasteiger partial charge in [0.1, 0.15) is 0 Å². The molecular weight excluding hydrogens is 228 g/mol. The highest BCUT2D eigenvalue weighted by atomic mass is 15.3. The quantitative estimate of drug-likeness (QED) is 0.603. The minimum atomic E-state index is 0.00704. The van der Waals surface area contributed by atoms with Gasteiger partial charge in [0.25, 0.3) is 0 Å². The number of hydrazine groups is 1. The van der Waals surface area contributed by atoms with Crippen LogP contribution in [0.5, 0.6) is 0 Å². The minimum Gasteiger partial charge on any atom is -0.275 e. The highest BCUT2D eigenvalue weighted by Crippen LogP contribution is 2.16. The minimum absolute atomic E-state index is 0.00704. The number of aryl methyl sites for hydroxylation is 3. The van der Waals surface area contributed by atoms with Crippen molar-refractivity contribution in [3.05, 3.63) is 35.4 Å². The number of hydrogen-bond acceptors (Lipinski definition) is 4. The maximum Gasteiger partial charge on any atom is 0.0811 e. The van der Waals surface area contributed by atoms with Gasteiger partial charge < -0.3 is 0 Å². The summed E-state index contributed by atoms with van der Waals surface area (Å²) in [6.45, 7) is 4.95. The molecule has 6 heteroatoms. The van der Waals surface area contributed by atoms with E-state index in [1.165, 1.54) is 5.69 Å². The number of nitrogens with two attached hydrogens (primary N) is 1. The smallest absolute Gasteiger partial charge is 0.0811 e. The lowest BCUT2D eigenvalue weighted by Gasteiger charge is -2.14. The molecule has 0 saturated heterocycles. The summed E-state index contributed by atoms with van der Waals surface area (Å²) >= 11 is 0. The molecule has 6 nitrogen and oxygen atoms in total. The summed E-state index contributed by atoms with van der Waals surface area (Å²) in [6, 6.07) is 4.08. The molecule has 0 aliphatic rings. The number of hydrogen-bond donors (Lipinski definition) is 2. The molecule has 0 bridgehead atoms. The number of rotatable bonds is 5. The van der Waals surface area contributed by atoms with E-state index in [0.717, 1.165) is 24.4 Å². The Morgan fingerprint density at radius 2 is 2.22 bits per heavy atom. The van der Waals surface area contributed by atoms with Gasteiger partial charge in [-0.1, -0.05) is 0 Å². The molecule has 2 aromatic heterocycles. The second kappa shape index (κ2) is 5.32. The van der Waals surface area contributed by atoms with Crippen molar-refractivity contribution in [1.82, 2.24) is 25.0 Å². The standard InChI is InChI=1S/C12H20N6/c1-4-18-10(7-9(2)15-18)8-12(14-13)11-5-6-17(3)16-11/h5-7,12,14H,4,8,13H2,1-3H3. The Hall–Kier alpha value is -1.66. The van der Waals surface area contributed by atoms with E-state index in [1.54, 1.807) is 4.68 Å². The Balaban J connectivity index is 2.19. The van der Waals surface area contributed by atoms with Gasteiger partial charge in [-0.2, -0.15) is 10.2 Å². The first-order valence-corrected chi connectivity index (χ1v) is 6.13. The SMILES string of the molecule is CCn1nc(C)cc1CC(NN)c1ccn(C)n1. The van der Waals surface area contributed by atoms with E-state index in [0.29, 0.717) is 0 Å². The van der Waals surface area contributed by atoms with E-state index in [1.807, 2.05) is 30.9 Å². The fourth-order valence-electron chi connectivity index (χ4n) is 2.11. The maximum absolute atomic E-state index is 5.63. The first kappa shape index (κ1) is 12.8. The number of nitrogens with zero attached hydrogens (tertiary/aromatic N) is 4. The molecule has 0 fully saturated rings. The predicted octanol–water partition coefficient (Wildman–Crippen LogP) is 0.692. The van der Waals surface area contributed by atoms with E-state index in [-0.39, 0.29) is 6.04 Å². The van der Waals surface area contributed by atoms with Crippen molar-refractivity contribution < 1.29 is 0 Å². The maximum atomic E-state index is 5.63. The molecule has 0 amide bonds. The molecule has 0 aliphatic carbocycles. The summed E-state index contributed by atoms with van der Waals surface area (Å²) in [4.78, 5) is 0. The largest absolute Gasteiger partial charge is 0.275 e. The average molecular weight is 248 g/mol. The first-order chi connectivity index (χ1) is 8.63. The molecule has 2 rings (SSSR count). The van der Waals surface area contributed by atoms with E-state index in [2.05, 4.69) is 28.6 Å². The normalized spacial score (nSPS) is 12.9. The molecular formula is C12H20N6. The molecule has 0 saturated carbocycles. The van der Waals surface area contributed by atoms with Crippen molar-refractivity contribution in [2.75, 3.05) is 0 Å². The fourth-order valence-corrected chi connectivity index (χ4v) is 2.11. The average Bonchev–Trinajstić information content (AvgIpc) is 2.92. The lowest BCUT2D eigenvalue weighted by atomic mass is 10.1. The van der Waals surface area contributed by atoms with Crippen LogP contribution in [0.4, 0.5) is 0 Å². The second-order valence-corrected chi connectivity index (χ2v) is 4.43. The van der Waals surface area contributed by atoms with Crippen molar-refractivity contribution in [2.45, 2.75) is 32.9 Å². The molecule has 0 radical (unpaired) electrons. The lowest BCUT2D eigenvalue weighted by molar-refractivity contribution is 0.501. The van der Waals surface area contributed by atoms with Crippen LogP contribution in [0.15, 0.2) is 18.3 Å². The Morgan fingerprint density at radius 1 is 1.44 bits per heavy atom. The molecule has 2 aromatic rings. The third-order valence-corrected chi connectivity index (χ3v) is 2.99. The van der Waals surface area contributed by atoms with Gasteiger partial charge in [0, 0.05) is 31.9 Å². The van der Waals surface area contributed by atoms with Crippen molar-refractivity contribution >= 4 is 0 Å². The Morgan fingerprint density at radius 3 is 2.78 bits per heavy atom. The highest BCUT2D eigenvalue weighted by molar-refractivity contribution is 5.14. The van der Waals surface area contributed by atoms with E-state index in [9.17, 15) is 0 Å². The summed E-state index contributed by atoms with van der Waals surface area (Å²) < 4.78 is 3.78. The van der Waals surface area contributed by atoms with Crippen molar-refractivity contribution in [2.24, 2.45) is 12.9 Å². The lowest BCUT2D eigenvalue weighted by Crippen LogP contribution is -2.30. The van der Waals surface area contributed by atoms with Crippen LogP contribution < -0.4 is 11.3 Å². The van der Waals surface area contributed by atoms with Crippen LogP contribution in [-0.2, 0) is 20.0 Å². The van der Waals surface area contributed by atoms with Gasteiger partial charge in [-0.3, -0.25) is 20.6 Å². The second-order valence-electron chi connectivity index (χ2n) is 4.43. The zero-order chi connectivity index (χ0) is 13.1. The summed E-state index contributed by atoms with van der Waals surface area (Å²) in [5.74, 6) is 5.63. The van der Waals surface area contributed by atoms with Gasteiger partial charge >= 0.3 is 0 Å². The van der Waals surface area contributed by atoms with Gasteiger partial charge in [0.2, 0.25) is 0 Å². The summed E-state index contributed by atoms with van der Waals surface area (Å²) in [7, 11) is 1.90. The van der Waals surface area contributed by atoms with Gasteiger partial charge in [-0.15, -0.1) is 0 Å². The van der Waals surface area contributed by atoms with Crippen LogP contribution in [-0.4, -0.2) is 19.6 Å². The molecule has 1 atom stereocenters. The topological polar surface area (TPSA) is 73.7 Å². The monoisotopic (exact) mass is 248 g/mol. The van der Waals surface area contributed by atoms with Gasteiger partial charge in [-0.05, 0) is 26.0 Å². The van der Waals surface area contributed by atoms with E-state index in [4.69, 9.17) is 5.84 Å². The van der Waals surface area contributed by atoms with E-state index >= 15 is 0 Å². The third-order valence-electron chi connectivity index (χ3n) is 2.99. The molecule has 1 unspecified atom stereocenters. The number of nitrogens with one attached hydrogen (secondary N) is 1. The zero-order valence-corrected chi connectivity index (χ0v) is 11.1. The highest BCUT2D eigenvalue weighted by Gasteiger charge is 2.16. The third kappa shape index (κ3) is 2.60. The van der Waals surface area contributed by atoms with Crippen LogP contribution in [0.3, 0.4) is 0 Å². The van der Waals surface area contributed by atoms with E-state index < -0.39 is 0 Å².